The fourth-order valence-electron chi connectivity index (χ4n) is 1.33. The van der Waals surface area contributed by atoms with Crippen LogP contribution in [-0.4, -0.2) is 11.0 Å². The maximum Gasteiger partial charge on any atom is 0.316 e. The maximum absolute atomic E-state index is 10.8. The van der Waals surface area contributed by atoms with E-state index in [9.17, 15) is 4.79 Å². The number of rotatable bonds is 3. The standard InChI is InChI=1S/C10H15N3O/c1-3-4-8-9(13-10(11)14)7(2)5-6-12-8/h5-6H,3-4H2,1-2H3,(H3,11,13,14). The lowest BCUT2D eigenvalue weighted by Crippen LogP contribution is -2.21. The van der Waals surface area contributed by atoms with E-state index in [1.165, 1.54) is 0 Å². The number of nitrogens with one attached hydrogen (secondary N) is 1. The van der Waals surface area contributed by atoms with Gasteiger partial charge in [0.1, 0.15) is 0 Å². The van der Waals surface area contributed by atoms with Crippen LogP contribution in [0.4, 0.5) is 10.5 Å². The zero-order valence-electron chi connectivity index (χ0n) is 8.50. The number of carbonyl (C=O) groups is 1. The number of primary amides is 1. The van der Waals surface area contributed by atoms with Crippen molar-refractivity contribution in [1.29, 1.82) is 0 Å². The van der Waals surface area contributed by atoms with Gasteiger partial charge in [-0.25, -0.2) is 4.79 Å². The van der Waals surface area contributed by atoms with Gasteiger partial charge in [-0.15, -0.1) is 0 Å². The monoisotopic (exact) mass is 193 g/mol. The first-order valence-electron chi connectivity index (χ1n) is 4.66. The minimum Gasteiger partial charge on any atom is -0.351 e. The molecule has 1 rings (SSSR count). The summed E-state index contributed by atoms with van der Waals surface area (Å²) in [5.74, 6) is 0. The third kappa shape index (κ3) is 2.45. The van der Waals surface area contributed by atoms with Gasteiger partial charge >= 0.3 is 6.03 Å². The molecule has 0 aliphatic heterocycles. The lowest BCUT2D eigenvalue weighted by Gasteiger charge is -2.10. The Morgan fingerprint density at radius 1 is 1.64 bits per heavy atom. The molecule has 3 N–H and O–H groups in total. The summed E-state index contributed by atoms with van der Waals surface area (Å²) in [5, 5.41) is 2.60. The Morgan fingerprint density at radius 3 is 2.93 bits per heavy atom. The summed E-state index contributed by atoms with van der Waals surface area (Å²) in [4.78, 5) is 15.0. The molecule has 0 aliphatic rings. The number of carbonyl (C=O) groups excluding carboxylic acids is 1. The number of hydrogen-bond acceptors (Lipinski definition) is 2. The largest absolute Gasteiger partial charge is 0.351 e. The Hall–Kier alpha value is -1.58. The predicted octanol–water partition coefficient (Wildman–Crippen LogP) is 1.83. The number of anilines is 1. The van der Waals surface area contributed by atoms with E-state index in [0.29, 0.717) is 0 Å². The van der Waals surface area contributed by atoms with Gasteiger partial charge < -0.3 is 11.1 Å². The summed E-state index contributed by atoms with van der Waals surface area (Å²) in [7, 11) is 0. The van der Waals surface area contributed by atoms with Gasteiger partial charge in [0.05, 0.1) is 11.4 Å². The summed E-state index contributed by atoms with van der Waals surface area (Å²) in [6.45, 7) is 3.99. The first-order chi connectivity index (χ1) is 6.65. The van der Waals surface area contributed by atoms with E-state index < -0.39 is 6.03 Å². The minimum absolute atomic E-state index is 0.543. The number of nitrogens with zero attached hydrogens (tertiary/aromatic N) is 1. The van der Waals surface area contributed by atoms with E-state index in [2.05, 4.69) is 17.2 Å². The van der Waals surface area contributed by atoms with Gasteiger partial charge in [0, 0.05) is 6.20 Å². The van der Waals surface area contributed by atoms with E-state index in [1.807, 2.05) is 13.0 Å². The van der Waals surface area contributed by atoms with E-state index in [-0.39, 0.29) is 0 Å². The highest BCUT2D eigenvalue weighted by Gasteiger charge is 2.07. The second kappa shape index (κ2) is 4.60. The highest BCUT2D eigenvalue weighted by molar-refractivity contribution is 5.89. The second-order valence-electron chi connectivity index (χ2n) is 3.19. The highest BCUT2D eigenvalue weighted by Crippen LogP contribution is 2.19. The molecule has 0 aliphatic carbocycles. The van der Waals surface area contributed by atoms with Gasteiger partial charge in [-0.3, -0.25) is 4.98 Å². The Kier molecular flexibility index (Phi) is 3.45. The zero-order chi connectivity index (χ0) is 10.6. The van der Waals surface area contributed by atoms with Crippen molar-refractivity contribution in [3.63, 3.8) is 0 Å². The molecule has 0 saturated heterocycles. The first-order valence-corrected chi connectivity index (χ1v) is 4.66. The number of pyridine rings is 1. The van der Waals surface area contributed by atoms with Crippen molar-refractivity contribution in [2.75, 3.05) is 5.32 Å². The molecule has 0 atom stereocenters. The fraction of sp³-hybridized carbons (Fsp3) is 0.400. The molecule has 4 heteroatoms. The molecular formula is C10H15N3O. The second-order valence-corrected chi connectivity index (χ2v) is 3.19. The molecule has 0 radical (unpaired) electrons. The molecule has 14 heavy (non-hydrogen) atoms. The molecule has 1 heterocycles. The van der Waals surface area contributed by atoms with Crippen LogP contribution in [0.2, 0.25) is 0 Å². The van der Waals surface area contributed by atoms with Crippen molar-refractivity contribution in [2.24, 2.45) is 5.73 Å². The number of amides is 2. The van der Waals surface area contributed by atoms with Crippen LogP contribution in [0, 0.1) is 6.92 Å². The van der Waals surface area contributed by atoms with E-state index in [0.717, 1.165) is 29.8 Å². The van der Waals surface area contributed by atoms with E-state index in [4.69, 9.17) is 5.73 Å². The van der Waals surface area contributed by atoms with Crippen LogP contribution in [0.15, 0.2) is 12.3 Å². The molecule has 0 fully saturated rings. The Labute approximate surface area is 83.5 Å². The molecule has 0 bridgehead atoms. The van der Waals surface area contributed by atoms with Gasteiger partial charge in [0.15, 0.2) is 0 Å². The van der Waals surface area contributed by atoms with Crippen molar-refractivity contribution >= 4 is 11.7 Å². The minimum atomic E-state index is -0.543. The van der Waals surface area contributed by atoms with Crippen LogP contribution in [0.1, 0.15) is 24.6 Å². The molecule has 2 amide bonds. The molecule has 0 spiro atoms. The van der Waals surface area contributed by atoms with Crippen molar-refractivity contribution < 1.29 is 4.79 Å². The third-order valence-electron chi connectivity index (χ3n) is 1.97. The topological polar surface area (TPSA) is 68.0 Å². The summed E-state index contributed by atoms with van der Waals surface area (Å²) in [5.41, 5.74) is 7.72. The van der Waals surface area contributed by atoms with Gasteiger partial charge in [0.2, 0.25) is 0 Å². The SMILES string of the molecule is CCCc1nccc(C)c1NC(N)=O. The number of hydrogen-bond donors (Lipinski definition) is 2. The maximum atomic E-state index is 10.8. The Balaban J connectivity index is 3.02. The predicted molar refractivity (Wildman–Crippen MR) is 56.2 cm³/mol. The molecule has 0 saturated carbocycles. The van der Waals surface area contributed by atoms with E-state index >= 15 is 0 Å². The molecule has 0 aromatic carbocycles. The van der Waals surface area contributed by atoms with Crippen LogP contribution in [-0.2, 0) is 6.42 Å². The van der Waals surface area contributed by atoms with Crippen LogP contribution in [0.25, 0.3) is 0 Å². The van der Waals surface area contributed by atoms with Gasteiger partial charge in [-0.1, -0.05) is 13.3 Å². The van der Waals surface area contributed by atoms with Crippen LogP contribution >= 0.6 is 0 Å². The lowest BCUT2D eigenvalue weighted by molar-refractivity contribution is 0.259. The smallest absolute Gasteiger partial charge is 0.316 e. The van der Waals surface area contributed by atoms with Crippen molar-refractivity contribution in [3.8, 4) is 0 Å². The average molecular weight is 193 g/mol. The Bertz CT molecular complexity index is 336. The Morgan fingerprint density at radius 2 is 2.36 bits per heavy atom. The van der Waals surface area contributed by atoms with Crippen molar-refractivity contribution in [1.82, 2.24) is 4.98 Å². The summed E-state index contributed by atoms with van der Waals surface area (Å²) in [6, 6.07) is 1.31. The number of aryl methyl sites for hydroxylation is 2. The van der Waals surface area contributed by atoms with Gasteiger partial charge in [-0.2, -0.15) is 0 Å². The summed E-state index contributed by atoms with van der Waals surface area (Å²) >= 11 is 0. The van der Waals surface area contributed by atoms with Crippen LogP contribution < -0.4 is 11.1 Å². The van der Waals surface area contributed by atoms with Crippen LogP contribution in [0.3, 0.4) is 0 Å². The molecule has 76 valence electrons. The van der Waals surface area contributed by atoms with Crippen LogP contribution in [0.5, 0.6) is 0 Å². The highest BCUT2D eigenvalue weighted by atomic mass is 16.2. The average Bonchev–Trinajstić information content (AvgIpc) is 2.11. The van der Waals surface area contributed by atoms with Crippen molar-refractivity contribution in [3.05, 3.63) is 23.5 Å². The zero-order valence-corrected chi connectivity index (χ0v) is 8.50. The lowest BCUT2D eigenvalue weighted by atomic mass is 10.1. The van der Waals surface area contributed by atoms with Crippen molar-refractivity contribution in [2.45, 2.75) is 26.7 Å². The molecule has 1 aromatic heterocycles. The molecule has 0 unspecified atom stereocenters. The third-order valence-corrected chi connectivity index (χ3v) is 1.97. The summed E-state index contributed by atoms with van der Waals surface area (Å²) in [6.07, 6.45) is 3.58. The molecule has 1 aromatic rings. The quantitative estimate of drug-likeness (QED) is 0.769. The van der Waals surface area contributed by atoms with E-state index in [1.54, 1.807) is 6.20 Å². The number of nitrogens with two attached hydrogens (primary N) is 1. The fourth-order valence-corrected chi connectivity index (χ4v) is 1.33. The van der Waals surface area contributed by atoms with Gasteiger partial charge in [0.25, 0.3) is 0 Å². The summed E-state index contributed by atoms with van der Waals surface area (Å²) < 4.78 is 0. The molecular weight excluding hydrogens is 178 g/mol. The number of urea groups is 1. The number of aromatic nitrogens is 1. The first kappa shape index (κ1) is 10.5. The van der Waals surface area contributed by atoms with Gasteiger partial charge in [-0.05, 0) is 25.0 Å². The molecule has 4 nitrogen and oxygen atoms in total. The normalized spacial score (nSPS) is 9.86.